The number of sulfonamides is 1. The molecule has 0 spiro atoms. The average Bonchev–Trinajstić information content (AvgIpc) is 2.22. The van der Waals surface area contributed by atoms with Crippen molar-refractivity contribution in [2.45, 2.75) is 20.0 Å². The Morgan fingerprint density at radius 1 is 1.44 bits per heavy atom. The number of halogens is 2. The Hall–Kier alpha value is -0.300. The minimum Gasteiger partial charge on any atom is -0.378 e. The fourth-order valence-electron chi connectivity index (χ4n) is 1.19. The zero-order valence-electron chi connectivity index (χ0n) is 10.1. The van der Waals surface area contributed by atoms with Crippen molar-refractivity contribution in [1.29, 1.82) is 0 Å². The van der Waals surface area contributed by atoms with Gasteiger partial charge in [-0.05, 0) is 48.0 Å². The highest BCUT2D eigenvalue weighted by Crippen LogP contribution is 2.26. The van der Waals surface area contributed by atoms with Crippen LogP contribution in [0.5, 0.6) is 0 Å². The predicted octanol–water partition coefficient (Wildman–Crippen LogP) is 3.27. The number of hydrogen-bond donors (Lipinski definition) is 1. The summed E-state index contributed by atoms with van der Waals surface area (Å²) in [6.45, 7) is 3.87. The molecule has 0 radical (unpaired) electrons. The molecule has 1 aromatic rings. The first-order valence-electron chi connectivity index (χ1n) is 5.37. The number of benzene rings is 1. The summed E-state index contributed by atoms with van der Waals surface area (Å²) < 4.78 is 31.9. The van der Waals surface area contributed by atoms with Gasteiger partial charge >= 0.3 is 0 Å². The molecule has 0 aromatic heterocycles. The second kappa shape index (κ2) is 6.75. The smallest absolute Gasteiger partial charge is 0.235 e. The van der Waals surface area contributed by atoms with E-state index >= 15 is 0 Å². The molecule has 7 heteroatoms. The molecule has 0 aliphatic carbocycles. The molecule has 1 rings (SSSR count). The van der Waals surface area contributed by atoms with Crippen LogP contribution >= 0.6 is 27.5 Å². The molecule has 0 bridgehead atoms. The van der Waals surface area contributed by atoms with Crippen molar-refractivity contribution in [1.82, 2.24) is 0 Å². The summed E-state index contributed by atoms with van der Waals surface area (Å²) in [7, 11) is -3.43. The zero-order valence-corrected chi connectivity index (χ0v) is 13.3. The van der Waals surface area contributed by atoms with Crippen molar-refractivity contribution < 1.29 is 13.2 Å². The standard InChI is InChI=1S/C11H15BrClNO3S/c1-8(2)17-5-6-18(15,16)14-11-7-9(13)3-4-10(11)12/h3-4,7-8,14H,5-6H2,1-2H3. The predicted molar refractivity (Wildman–Crippen MR) is 77.6 cm³/mol. The first-order valence-corrected chi connectivity index (χ1v) is 8.19. The number of rotatable bonds is 6. The lowest BCUT2D eigenvalue weighted by Gasteiger charge is -2.11. The van der Waals surface area contributed by atoms with Gasteiger partial charge in [0.25, 0.3) is 0 Å². The van der Waals surface area contributed by atoms with Gasteiger partial charge in [0.2, 0.25) is 10.0 Å². The van der Waals surface area contributed by atoms with E-state index < -0.39 is 10.0 Å². The highest BCUT2D eigenvalue weighted by atomic mass is 79.9. The Balaban J connectivity index is 2.67. The largest absolute Gasteiger partial charge is 0.378 e. The molecule has 0 fully saturated rings. The van der Waals surface area contributed by atoms with Gasteiger partial charge in [-0.15, -0.1) is 0 Å². The number of hydrogen-bond acceptors (Lipinski definition) is 3. The SMILES string of the molecule is CC(C)OCCS(=O)(=O)Nc1cc(Cl)ccc1Br. The minimum absolute atomic E-state index is 0.0121. The summed E-state index contributed by atoms with van der Waals surface area (Å²) >= 11 is 9.07. The van der Waals surface area contributed by atoms with Crippen LogP contribution in [0.25, 0.3) is 0 Å². The van der Waals surface area contributed by atoms with E-state index in [1.807, 2.05) is 13.8 Å². The number of ether oxygens (including phenoxy) is 1. The van der Waals surface area contributed by atoms with Gasteiger partial charge in [-0.3, -0.25) is 4.72 Å². The van der Waals surface area contributed by atoms with Crippen LogP contribution in [-0.2, 0) is 14.8 Å². The molecule has 0 aliphatic heterocycles. The molecule has 0 heterocycles. The second-order valence-electron chi connectivity index (χ2n) is 3.96. The van der Waals surface area contributed by atoms with Crippen LogP contribution in [-0.4, -0.2) is 26.9 Å². The highest BCUT2D eigenvalue weighted by Gasteiger charge is 2.13. The molecule has 18 heavy (non-hydrogen) atoms. The van der Waals surface area contributed by atoms with E-state index in [1.165, 1.54) is 0 Å². The maximum absolute atomic E-state index is 11.8. The molecule has 1 aromatic carbocycles. The average molecular weight is 357 g/mol. The van der Waals surface area contributed by atoms with Crippen LogP contribution in [0.15, 0.2) is 22.7 Å². The van der Waals surface area contributed by atoms with Gasteiger partial charge in [0.15, 0.2) is 0 Å². The van der Waals surface area contributed by atoms with E-state index in [0.29, 0.717) is 15.2 Å². The molecule has 0 aliphatic rings. The van der Waals surface area contributed by atoms with Gasteiger partial charge in [-0.1, -0.05) is 11.6 Å². The van der Waals surface area contributed by atoms with Gasteiger partial charge in [0.05, 0.1) is 24.2 Å². The van der Waals surface area contributed by atoms with Crippen LogP contribution in [0.3, 0.4) is 0 Å². The number of anilines is 1. The Labute approximate surface area is 121 Å². The maximum Gasteiger partial charge on any atom is 0.235 e. The van der Waals surface area contributed by atoms with E-state index in [-0.39, 0.29) is 18.5 Å². The normalized spacial score (nSPS) is 11.8. The van der Waals surface area contributed by atoms with E-state index in [4.69, 9.17) is 16.3 Å². The van der Waals surface area contributed by atoms with Gasteiger partial charge < -0.3 is 4.74 Å². The lowest BCUT2D eigenvalue weighted by molar-refractivity contribution is 0.0913. The minimum atomic E-state index is -3.43. The van der Waals surface area contributed by atoms with Crippen molar-refractivity contribution in [2.24, 2.45) is 0 Å². The molecule has 0 saturated carbocycles. The van der Waals surface area contributed by atoms with Gasteiger partial charge in [0, 0.05) is 9.50 Å². The monoisotopic (exact) mass is 355 g/mol. The van der Waals surface area contributed by atoms with Gasteiger partial charge in [-0.2, -0.15) is 0 Å². The van der Waals surface area contributed by atoms with Crippen LogP contribution < -0.4 is 4.72 Å². The molecule has 0 saturated heterocycles. The summed E-state index contributed by atoms with van der Waals surface area (Å²) in [6.07, 6.45) is 0.0121. The molecule has 0 unspecified atom stereocenters. The van der Waals surface area contributed by atoms with E-state index in [2.05, 4.69) is 20.7 Å². The van der Waals surface area contributed by atoms with Gasteiger partial charge in [-0.25, -0.2) is 8.42 Å². The molecule has 1 N–H and O–H groups in total. The van der Waals surface area contributed by atoms with Crippen LogP contribution in [0, 0.1) is 0 Å². The van der Waals surface area contributed by atoms with E-state index in [1.54, 1.807) is 18.2 Å². The number of nitrogens with one attached hydrogen (secondary N) is 1. The van der Waals surface area contributed by atoms with E-state index in [9.17, 15) is 8.42 Å². The molecular formula is C11H15BrClNO3S. The maximum atomic E-state index is 11.8. The molecular weight excluding hydrogens is 342 g/mol. The van der Waals surface area contributed by atoms with Crippen LogP contribution in [0.2, 0.25) is 5.02 Å². The summed E-state index contributed by atoms with van der Waals surface area (Å²) in [5.41, 5.74) is 0.423. The second-order valence-corrected chi connectivity index (χ2v) is 7.10. The van der Waals surface area contributed by atoms with Crippen molar-refractivity contribution in [3.8, 4) is 0 Å². The topological polar surface area (TPSA) is 55.4 Å². The lowest BCUT2D eigenvalue weighted by Crippen LogP contribution is -2.21. The van der Waals surface area contributed by atoms with Crippen LogP contribution in [0.4, 0.5) is 5.69 Å². The summed E-state index contributed by atoms with van der Waals surface area (Å²) in [4.78, 5) is 0. The molecule has 102 valence electrons. The van der Waals surface area contributed by atoms with Crippen molar-refractivity contribution >= 4 is 43.2 Å². The Bertz CT molecular complexity index is 505. The first kappa shape index (κ1) is 15.8. The third-order valence-electron chi connectivity index (χ3n) is 2.00. The molecule has 4 nitrogen and oxygen atoms in total. The Morgan fingerprint density at radius 2 is 2.11 bits per heavy atom. The fraction of sp³-hybridized carbons (Fsp3) is 0.455. The highest BCUT2D eigenvalue weighted by molar-refractivity contribution is 9.10. The lowest BCUT2D eigenvalue weighted by atomic mass is 10.3. The first-order chi connectivity index (χ1) is 8.30. The molecule has 0 amide bonds. The zero-order chi connectivity index (χ0) is 13.8. The summed E-state index contributed by atoms with van der Waals surface area (Å²) in [6, 6.07) is 4.91. The third-order valence-corrected chi connectivity index (χ3v) is 4.16. The Morgan fingerprint density at radius 3 is 2.72 bits per heavy atom. The summed E-state index contributed by atoms with van der Waals surface area (Å²) in [5, 5.41) is 0.467. The van der Waals surface area contributed by atoms with Crippen molar-refractivity contribution in [3.05, 3.63) is 27.7 Å². The van der Waals surface area contributed by atoms with Crippen molar-refractivity contribution in [3.63, 3.8) is 0 Å². The fourth-order valence-corrected chi connectivity index (χ4v) is 2.76. The molecule has 0 atom stereocenters. The third kappa shape index (κ3) is 5.56. The van der Waals surface area contributed by atoms with Crippen LogP contribution in [0.1, 0.15) is 13.8 Å². The van der Waals surface area contributed by atoms with E-state index in [0.717, 1.165) is 0 Å². The van der Waals surface area contributed by atoms with Crippen molar-refractivity contribution in [2.75, 3.05) is 17.1 Å². The quantitative estimate of drug-likeness (QED) is 0.851. The Kier molecular flexibility index (Phi) is 5.91. The van der Waals surface area contributed by atoms with Gasteiger partial charge in [0.1, 0.15) is 0 Å². The summed E-state index contributed by atoms with van der Waals surface area (Å²) in [5.74, 6) is -0.0931.